The predicted molar refractivity (Wildman–Crippen MR) is 135 cm³/mol. The van der Waals surface area contributed by atoms with Crippen molar-refractivity contribution in [2.24, 2.45) is 0 Å². The van der Waals surface area contributed by atoms with Crippen LogP contribution in [0.15, 0.2) is 0 Å². The molecule has 0 saturated carbocycles. The average Bonchev–Trinajstić information content (AvgIpc) is 2.78. The van der Waals surface area contributed by atoms with Gasteiger partial charge in [-0.05, 0) is 31.9 Å². The minimum absolute atomic E-state index is 0.0211. The molecule has 0 rings (SSSR count). The van der Waals surface area contributed by atoms with Gasteiger partial charge in [-0.2, -0.15) is 16.6 Å². The van der Waals surface area contributed by atoms with Gasteiger partial charge in [-0.15, -0.1) is 0 Å². The zero-order valence-corrected chi connectivity index (χ0v) is 22.7. The van der Waals surface area contributed by atoms with E-state index in [1.807, 2.05) is 18.7 Å². The van der Waals surface area contributed by atoms with Gasteiger partial charge in [-0.25, -0.2) is 9.36 Å². The molecule has 3 unspecified atom stereocenters. The Labute approximate surface area is 201 Å². The second-order valence-corrected chi connectivity index (χ2v) is 11.6. The quantitative estimate of drug-likeness (QED) is 0.0655. The third kappa shape index (κ3) is 17.4. The number of carbonyl (C=O) groups excluding carboxylic acids is 1. The van der Waals surface area contributed by atoms with Crippen molar-refractivity contribution in [1.29, 1.82) is 0 Å². The Morgan fingerprint density at radius 3 is 1.94 bits per heavy atom. The molecular formula is C24H49O6PS. The van der Waals surface area contributed by atoms with E-state index >= 15 is 0 Å². The number of hydrogen-bond acceptors (Lipinski definition) is 6. The summed E-state index contributed by atoms with van der Waals surface area (Å²) in [6.07, 6.45) is 17.5. The summed E-state index contributed by atoms with van der Waals surface area (Å²) < 4.78 is 16.6. The van der Waals surface area contributed by atoms with E-state index < -0.39 is 13.3 Å². The molecule has 0 radical (unpaired) electrons. The molecule has 192 valence electrons. The lowest BCUT2D eigenvalue weighted by molar-refractivity contribution is -0.262. The molecule has 32 heavy (non-hydrogen) atoms. The molecule has 0 aromatic carbocycles. The fourth-order valence-electron chi connectivity index (χ4n) is 3.37. The first-order valence-corrected chi connectivity index (χ1v) is 15.5. The van der Waals surface area contributed by atoms with Crippen LogP contribution < -0.4 is 0 Å². The van der Waals surface area contributed by atoms with Gasteiger partial charge in [-0.3, -0.25) is 4.89 Å². The van der Waals surface area contributed by atoms with E-state index in [0.29, 0.717) is 6.42 Å². The van der Waals surface area contributed by atoms with Crippen LogP contribution in [0, 0.1) is 0 Å². The zero-order valence-electron chi connectivity index (χ0n) is 21.0. The first kappa shape index (κ1) is 31.9. The van der Waals surface area contributed by atoms with E-state index in [4.69, 9.17) is 14.3 Å². The van der Waals surface area contributed by atoms with Crippen LogP contribution in [0.1, 0.15) is 124 Å². The standard InChI is InChI=1S/C24H49O6PS/c1-5-8-10-12-13-14-16-18-21-32-23(19-17-15-11-9-6-2)22(4)29-30-24(25)31(26,27)28-20-7-3/h22-23H,5-21H2,1-4H3,(H,26,27). The summed E-state index contributed by atoms with van der Waals surface area (Å²) in [6, 6.07) is 0. The van der Waals surface area contributed by atoms with Crippen LogP contribution in [0.25, 0.3) is 0 Å². The number of unbranched alkanes of at least 4 members (excludes halogenated alkanes) is 11. The molecule has 0 saturated heterocycles. The van der Waals surface area contributed by atoms with Gasteiger partial charge in [0, 0.05) is 5.25 Å². The second kappa shape index (κ2) is 21.5. The van der Waals surface area contributed by atoms with E-state index in [-0.39, 0.29) is 18.0 Å². The molecule has 0 amide bonds. The van der Waals surface area contributed by atoms with Gasteiger partial charge < -0.3 is 9.42 Å². The summed E-state index contributed by atoms with van der Waals surface area (Å²) >= 11 is 1.86. The van der Waals surface area contributed by atoms with Crippen molar-refractivity contribution in [2.45, 2.75) is 135 Å². The van der Waals surface area contributed by atoms with Crippen molar-refractivity contribution in [3.05, 3.63) is 0 Å². The summed E-state index contributed by atoms with van der Waals surface area (Å²) in [5.74, 6) is 1.05. The highest BCUT2D eigenvalue weighted by Gasteiger charge is 2.35. The van der Waals surface area contributed by atoms with Crippen LogP contribution in [-0.4, -0.2) is 34.3 Å². The molecule has 0 aliphatic carbocycles. The van der Waals surface area contributed by atoms with Crippen LogP contribution in [0.2, 0.25) is 0 Å². The maximum Gasteiger partial charge on any atom is 0.452 e. The molecule has 0 fully saturated rings. The van der Waals surface area contributed by atoms with Crippen molar-refractivity contribution >= 4 is 25.1 Å². The van der Waals surface area contributed by atoms with E-state index in [1.54, 1.807) is 6.92 Å². The highest BCUT2D eigenvalue weighted by molar-refractivity contribution is 7.99. The Morgan fingerprint density at radius 1 is 0.844 bits per heavy atom. The fourth-order valence-corrected chi connectivity index (χ4v) is 5.36. The zero-order chi connectivity index (χ0) is 24.1. The Kier molecular flexibility index (Phi) is 21.4. The monoisotopic (exact) mass is 496 g/mol. The average molecular weight is 497 g/mol. The van der Waals surface area contributed by atoms with Crippen LogP contribution in [-0.2, 0) is 18.9 Å². The van der Waals surface area contributed by atoms with E-state index in [2.05, 4.69) is 13.8 Å². The topological polar surface area (TPSA) is 82.1 Å². The van der Waals surface area contributed by atoms with Gasteiger partial charge in [0.1, 0.15) is 6.10 Å². The van der Waals surface area contributed by atoms with Crippen molar-refractivity contribution in [3.63, 3.8) is 0 Å². The minimum atomic E-state index is -4.46. The molecule has 0 bridgehead atoms. The van der Waals surface area contributed by atoms with Crippen molar-refractivity contribution < 1.29 is 28.6 Å². The van der Waals surface area contributed by atoms with Gasteiger partial charge in [0.15, 0.2) is 0 Å². The van der Waals surface area contributed by atoms with Crippen LogP contribution in [0.3, 0.4) is 0 Å². The van der Waals surface area contributed by atoms with Crippen molar-refractivity contribution in [1.82, 2.24) is 0 Å². The fraction of sp³-hybridized carbons (Fsp3) is 0.958. The van der Waals surface area contributed by atoms with Gasteiger partial charge in [0.05, 0.1) is 6.61 Å². The molecule has 8 heteroatoms. The SMILES string of the molecule is CCCCCCCCCCSC(CCCCCCC)C(C)OOC(=O)P(=O)(O)OCCC. The highest BCUT2D eigenvalue weighted by atomic mass is 32.2. The van der Waals surface area contributed by atoms with Crippen molar-refractivity contribution in [3.8, 4) is 0 Å². The minimum Gasteiger partial charge on any atom is -0.316 e. The Balaban J connectivity index is 4.38. The molecule has 0 aromatic rings. The molecule has 0 heterocycles. The number of rotatable bonds is 23. The molecule has 0 aliphatic rings. The van der Waals surface area contributed by atoms with Gasteiger partial charge in [0.25, 0.3) is 0 Å². The predicted octanol–water partition coefficient (Wildman–Crippen LogP) is 8.66. The molecule has 0 aromatic heterocycles. The van der Waals surface area contributed by atoms with Gasteiger partial charge in [0.2, 0.25) is 0 Å². The van der Waals surface area contributed by atoms with Crippen LogP contribution in [0.5, 0.6) is 0 Å². The normalized spacial score (nSPS) is 15.3. The lowest BCUT2D eigenvalue weighted by Gasteiger charge is -2.23. The summed E-state index contributed by atoms with van der Waals surface area (Å²) in [7, 11) is -4.46. The maximum absolute atomic E-state index is 11.9. The molecule has 3 atom stereocenters. The van der Waals surface area contributed by atoms with Gasteiger partial charge in [-0.1, -0.05) is 97.8 Å². The molecule has 0 spiro atoms. The summed E-state index contributed by atoms with van der Waals surface area (Å²) in [5.41, 5.74) is -1.34. The second-order valence-electron chi connectivity index (χ2n) is 8.59. The summed E-state index contributed by atoms with van der Waals surface area (Å²) in [5, 5.41) is 0.184. The summed E-state index contributed by atoms with van der Waals surface area (Å²) in [6.45, 7) is 8.12. The van der Waals surface area contributed by atoms with E-state index in [9.17, 15) is 14.3 Å². The number of hydrogen-bond donors (Lipinski definition) is 1. The van der Waals surface area contributed by atoms with E-state index in [1.165, 1.54) is 77.0 Å². The molecule has 1 N–H and O–H groups in total. The lowest BCUT2D eigenvalue weighted by atomic mass is 10.1. The molecule has 0 aliphatic heterocycles. The number of thioether (sulfide) groups is 1. The van der Waals surface area contributed by atoms with Crippen molar-refractivity contribution in [2.75, 3.05) is 12.4 Å². The maximum atomic E-state index is 11.9. The summed E-state index contributed by atoms with van der Waals surface area (Å²) in [4.78, 5) is 31.5. The largest absolute Gasteiger partial charge is 0.452 e. The Bertz CT molecular complexity index is 491. The molecule has 6 nitrogen and oxygen atoms in total. The number of carbonyl (C=O) groups is 1. The highest BCUT2D eigenvalue weighted by Crippen LogP contribution is 2.44. The Hall–Kier alpha value is -0.0700. The van der Waals surface area contributed by atoms with Crippen LogP contribution in [0.4, 0.5) is 4.79 Å². The van der Waals surface area contributed by atoms with Crippen LogP contribution >= 0.6 is 19.4 Å². The molecular weight excluding hydrogens is 447 g/mol. The first-order valence-electron chi connectivity index (χ1n) is 12.9. The smallest absolute Gasteiger partial charge is 0.316 e. The first-order chi connectivity index (χ1) is 15.4. The lowest BCUT2D eigenvalue weighted by Crippen LogP contribution is -2.25. The Morgan fingerprint density at radius 2 is 1.38 bits per heavy atom. The third-order valence-corrected chi connectivity index (χ3v) is 8.06. The van der Waals surface area contributed by atoms with E-state index in [0.717, 1.165) is 18.6 Å². The van der Waals surface area contributed by atoms with Gasteiger partial charge >= 0.3 is 13.3 Å². The third-order valence-electron chi connectivity index (χ3n) is 5.42.